The zero-order valence-corrected chi connectivity index (χ0v) is 8.57. The molecule has 0 amide bonds. The minimum absolute atomic E-state index is 0.0944. The minimum atomic E-state index is -4.36. The molecule has 0 unspecified atom stereocenters. The fourth-order valence-electron chi connectivity index (χ4n) is 1.08. The molecule has 0 aliphatic carbocycles. The second kappa shape index (κ2) is 5.27. The van der Waals surface area contributed by atoms with Crippen molar-refractivity contribution in [1.29, 1.82) is 0 Å². The van der Waals surface area contributed by atoms with E-state index in [2.05, 4.69) is 10.3 Å². The van der Waals surface area contributed by atoms with Gasteiger partial charge in [-0.2, -0.15) is 18.7 Å². The van der Waals surface area contributed by atoms with E-state index in [-0.39, 0.29) is 12.4 Å². The van der Waals surface area contributed by atoms with Gasteiger partial charge in [0.05, 0.1) is 0 Å². The van der Waals surface area contributed by atoms with Crippen molar-refractivity contribution in [1.82, 2.24) is 5.48 Å². The van der Waals surface area contributed by atoms with Crippen LogP contribution in [-0.2, 0) is 11.4 Å². The molecule has 0 fully saturated rings. The largest absolute Gasteiger partial charge is 0.413 e. The molecule has 2 nitrogen and oxygen atoms in total. The van der Waals surface area contributed by atoms with Crippen LogP contribution >= 0.6 is 0 Å². The first-order chi connectivity index (χ1) is 7.38. The Kier molecular flexibility index (Phi) is 4.26. The van der Waals surface area contributed by atoms with E-state index in [0.29, 0.717) is 11.1 Å². The Morgan fingerprint density at radius 2 is 2.00 bits per heavy atom. The molecular formula is C10H11F4NO. The molecule has 0 saturated carbocycles. The second-order valence-corrected chi connectivity index (χ2v) is 3.31. The Hall–Kier alpha value is -1.14. The van der Waals surface area contributed by atoms with Crippen LogP contribution in [0.5, 0.6) is 0 Å². The first-order valence-corrected chi connectivity index (χ1v) is 4.55. The molecular weight excluding hydrogens is 226 g/mol. The Bertz CT molecular complexity index is 351. The lowest BCUT2D eigenvalue weighted by atomic mass is 10.1. The SMILES string of the molecule is Cc1cc(CNOCC(F)(F)F)ccc1F. The van der Waals surface area contributed by atoms with Crippen molar-refractivity contribution in [2.75, 3.05) is 6.61 Å². The summed E-state index contributed by atoms with van der Waals surface area (Å²) in [5, 5.41) is 0. The molecule has 1 rings (SSSR count). The van der Waals surface area contributed by atoms with Crippen molar-refractivity contribution in [3.8, 4) is 0 Å². The molecule has 1 aromatic rings. The van der Waals surface area contributed by atoms with Crippen molar-refractivity contribution >= 4 is 0 Å². The van der Waals surface area contributed by atoms with Crippen LogP contribution in [0.15, 0.2) is 18.2 Å². The number of benzene rings is 1. The van der Waals surface area contributed by atoms with Gasteiger partial charge in [-0.05, 0) is 24.1 Å². The summed E-state index contributed by atoms with van der Waals surface area (Å²) in [6, 6.07) is 4.28. The summed E-state index contributed by atoms with van der Waals surface area (Å²) >= 11 is 0. The van der Waals surface area contributed by atoms with Crippen LogP contribution in [0.3, 0.4) is 0 Å². The fraction of sp³-hybridized carbons (Fsp3) is 0.400. The molecule has 0 aliphatic heterocycles. The predicted molar refractivity (Wildman–Crippen MR) is 50.0 cm³/mol. The van der Waals surface area contributed by atoms with Gasteiger partial charge in [-0.15, -0.1) is 0 Å². The Labute approximate surface area is 90.2 Å². The third kappa shape index (κ3) is 4.59. The van der Waals surface area contributed by atoms with Gasteiger partial charge in [0.15, 0.2) is 6.61 Å². The van der Waals surface area contributed by atoms with Crippen molar-refractivity contribution in [3.05, 3.63) is 35.1 Å². The topological polar surface area (TPSA) is 21.3 Å². The number of hydrogen-bond donors (Lipinski definition) is 1. The lowest BCUT2D eigenvalue weighted by Crippen LogP contribution is -2.24. The highest BCUT2D eigenvalue weighted by Crippen LogP contribution is 2.14. The number of hydrogen-bond acceptors (Lipinski definition) is 2. The molecule has 0 spiro atoms. The average Bonchev–Trinajstić information content (AvgIpc) is 2.17. The molecule has 0 bridgehead atoms. The molecule has 0 saturated heterocycles. The van der Waals surface area contributed by atoms with Crippen molar-refractivity contribution in [2.24, 2.45) is 0 Å². The summed E-state index contributed by atoms with van der Waals surface area (Å²) in [4.78, 5) is 4.20. The summed E-state index contributed by atoms with van der Waals surface area (Å²) in [5.41, 5.74) is 3.26. The number of rotatable bonds is 4. The summed E-state index contributed by atoms with van der Waals surface area (Å²) in [5.74, 6) is -0.347. The Morgan fingerprint density at radius 1 is 1.31 bits per heavy atom. The van der Waals surface area contributed by atoms with Crippen LogP contribution in [0.2, 0.25) is 0 Å². The Morgan fingerprint density at radius 3 is 2.56 bits per heavy atom. The Balaban J connectivity index is 2.35. The molecule has 6 heteroatoms. The first kappa shape index (κ1) is 12.9. The van der Waals surface area contributed by atoms with E-state index in [4.69, 9.17) is 0 Å². The zero-order chi connectivity index (χ0) is 12.2. The maximum absolute atomic E-state index is 12.8. The molecule has 0 radical (unpaired) electrons. The predicted octanol–water partition coefficient (Wildman–Crippen LogP) is 2.72. The molecule has 16 heavy (non-hydrogen) atoms. The molecule has 0 aliphatic rings. The van der Waals surface area contributed by atoms with Gasteiger partial charge in [0.1, 0.15) is 5.82 Å². The van der Waals surface area contributed by atoms with Gasteiger partial charge < -0.3 is 0 Å². The van der Waals surface area contributed by atoms with Gasteiger partial charge in [-0.25, -0.2) is 4.39 Å². The average molecular weight is 237 g/mol. The lowest BCUT2D eigenvalue weighted by molar-refractivity contribution is -0.190. The van der Waals surface area contributed by atoms with Gasteiger partial charge >= 0.3 is 6.18 Å². The van der Waals surface area contributed by atoms with E-state index in [1.54, 1.807) is 13.0 Å². The van der Waals surface area contributed by atoms with Gasteiger partial charge in [0.2, 0.25) is 0 Å². The summed E-state index contributed by atoms with van der Waals surface area (Å²) in [7, 11) is 0. The van der Waals surface area contributed by atoms with Crippen LogP contribution in [0.4, 0.5) is 17.6 Å². The van der Waals surface area contributed by atoms with Crippen LogP contribution < -0.4 is 5.48 Å². The molecule has 0 aromatic heterocycles. The fourth-order valence-corrected chi connectivity index (χ4v) is 1.08. The highest BCUT2D eigenvalue weighted by atomic mass is 19.4. The van der Waals surface area contributed by atoms with Crippen molar-refractivity contribution in [3.63, 3.8) is 0 Å². The van der Waals surface area contributed by atoms with Crippen LogP contribution in [0.25, 0.3) is 0 Å². The molecule has 1 N–H and O–H groups in total. The van der Waals surface area contributed by atoms with Crippen molar-refractivity contribution < 1.29 is 22.4 Å². The van der Waals surface area contributed by atoms with Crippen LogP contribution in [0, 0.1) is 12.7 Å². The number of halogens is 4. The number of hydroxylamine groups is 1. The lowest BCUT2D eigenvalue weighted by Gasteiger charge is -2.08. The molecule has 1 aromatic carbocycles. The standard InChI is InChI=1S/C10H11F4NO/c1-7-4-8(2-3-9(7)11)5-15-16-6-10(12,13)14/h2-4,15H,5-6H2,1H3. The first-order valence-electron chi connectivity index (χ1n) is 4.55. The molecule has 90 valence electrons. The van der Waals surface area contributed by atoms with E-state index >= 15 is 0 Å². The van der Waals surface area contributed by atoms with Gasteiger partial charge in [-0.1, -0.05) is 12.1 Å². The molecule has 0 atom stereocenters. The molecule has 0 heterocycles. The van der Waals surface area contributed by atoms with Crippen LogP contribution in [0.1, 0.15) is 11.1 Å². The minimum Gasteiger partial charge on any atom is -0.292 e. The number of alkyl halides is 3. The second-order valence-electron chi connectivity index (χ2n) is 3.31. The van der Waals surface area contributed by atoms with E-state index in [1.807, 2.05) is 0 Å². The normalized spacial score (nSPS) is 11.8. The summed E-state index contributed by atoms with van der Waals surface area (Å²) in [6.07, 6.45) is -4.36. The van der Waals surface area contributed by atoms with Gasteiger partial charge in [0.25, 0.3) is 0 Å². The van der Waals surface area contributed by atoms with E-state index in [1.165, 1.54) is 12.1 Å². The van der Waals surface area contributed by atoms with Gasteiger partial charge in [0, 0.05) is 6.54 Å². The van der Waals surface area contributed by atoms with Crippen LogP contribution in [-0.4, -0.2) is 12.8 Å². The maximum atomic E-state index is 12.8. The third-order valence-electron chi connectivity index (χ3n) is 1.84. The summed E-state index contributed by atoms with van der Waals surface area (Å²) < 4.78 is 47.9. The number of nitrogens with one attached hydrogen (secondary N) is 1. The van der Waals surface area contributed by atoms with E-state index < -0.39 is 12.8 Å². The van der Waals surface area contributed by atoms with E-state index in [0.717, 1.165) is 0 Å². The quantitative estimate of drug-likeness (QED) is 0.494. The third-order valence-corrected chi connectivity index (χ3v) is 1.84. The highest BCUT2D eigenvalue weighted by molar-refractivity contribution is 5.23. The highest BCUT2D eigenvalue weighted by Gasteiger charge is 2.27. The zero-order valence-electron chi connectivity index (χ0n) is 8.57. The smallest absolute Gasteiger partial charge is 0.292 e. The maximum Gasteiger partial charge on any atom is 0.413 e. The monoisotopic (exact) mass is 237 g/mol. The van der Waals surface area contributed by atoms with Crippen molar-refractivity contribution in [2.45, 2.75) is 19.6 Å². The summed E-state index contributed by atoms with van der Waals surface area (Å²) in [6.45, 7) is 0.319. The number of aryl methyl sites for hydroxylation is 1. The van der Waals surface area contributed by atoms with Gasteiger partial charge in [-0.3, -0.25) is 4.84 Å². The van der Waals surface area contributed by atoms with E-state index in [9.17, 15) is 17.6 Å².